The third-order valence-corrected chi connectivity index (χ3v) is 7.15. The smallest absolute Gasteiger partial charge is 0.255 e. The van der Waals surface area contributed by atoms with Crippen molar-refractivity contribution in [1.82, 2.24) is 31.5 Å². The molecular weight excluding hydrogens is 540 g/mol. The minimum Gasteiger partial charge on any atom is -0.507 e. The molecule has 4 amide bonds. The van der Waals surface area contributed by atoms with Crippen LogP contribution in [0.1, 0.15) is 53.6 Å². The van der Waals surface area contributed by atoms with E-state index in [0.29, 0.717) is 11.5 Å². The summed E-state index contributed by atoms with van der Waals surface area (Å²) in [6.07, 6.45) is 0.176. The van der Waals surface area contributed by atoms with Crippen molar-refractivity contribution in [3.8, 4) is 17.2 Å². The van der Waals surface area contributed by atoms with Crippen molar-refractivity contribution in [3.63, 3.8) is 0 Å². The van der Waals surface area contributed by atoms with Crippen molar-refractivity contribution in [2.75, 3.05) is 0 Å². The van der Waals surface area contributed by atoms with Gasteiger partial charge in [0.25, 0.3) is 5.91 Å². The summed E-state index contributed by atoms with van der Waals surface area (Å²) in [5, 5.41) is 28.3. The average Bonchev–Trinajstić information content (AvgIpc) is 3.27. The Morgan fingerprint density at radius 1 is 1.02 bits per heavy atom. The van der Waals surface area contributed by atoms with Crippen molar-refractivity contribution < 1.29 is 29.0 Å². The van der Waals surface area contributed by atoms with E-state index in [9.17, 15) is 24.3 Å². The summed E-state index contributed by atoms with van der Waals surface area (Å²) in [6, 6.07) is 8.21. The van der Waals surface area contributed by atoms with Crippen molar-refractivity contribution in [3.05, 3.63) is 70.5 Å². The molecule has 2 aliphatic rings. The maximum Gasteiger partial charge on any atom is 0.255 e. The van der Waals surface area contributed by atoms with Gasteiger partial charge in [-0.05, 0) is 62.6 Å². The van der Waals surface area contributed by atoms with E-state index in [1.54, 1.807) is 38.1 Å². The molecule has 5 rings (SSSR count). The largest absolute Gasteiger partial charge is 0.507 e. The van der Waals surface area contributed by atoms with Crippen LogP contribution in [0.3, 0.4) is 0 Å². The second kappa shape index (κ2) is 12.8. The number of aryl methyl sites for hydroxylation is 2. The monoisotopic (exact) mass is 576 g/mol. The molecule has 12 heteroatoms. The van der Waals surface area contributed by atoms with E-state index >= 15 is 0 Å². The molecule has 222 valence electrons. The van der Waals surface area contributed by atoms with Gasteiger partial charge in [0.15, 0.2) is 0 Å². The Kier molecular flexibility index (Phi) is 9.14. The first-order chi connectivity index (χ1) is 19.9. The molecule has 0 unspecified atom stereocenters. The summed E-state index contributed by atoms with van der Waals surface area (Å²) in [5.41, 5.74) is 3.14. The number of rotatable bonds is 4. The highest BCUT2D eigenvalue weighted by molar-refractivity contribution is 6.00. The van der Waals surface area contributed by atoms with Crippen LogP contribution in [-0.4, -0.2) is 57.1 Å². The van der Waals surface area contributed by atoms with Gasteiger partial charge in [0.2, 0.25) is 17.7 Å². The number of phenols is 1. The molecule has 0 radical (unpaired) electrons. The third-order valence-electron chi connectivity index (χ3n) is 7.15. The first-order valence-electron chi connectivity index (χ1n) is 13.7. The van der Waals surface area contributed by atoms with E-state index in [1.165, 1.54) is 25.1 Å². The molecule has 3 atom stereocenters. The predicted octanol–water partition coefficient (Wildman–Crippen LogP) is 2.14. The van der Waals surface area contributed by atoms with E-state index in [-0.39, 0.29) is 30.2 Å². The van der Waals surface area contributed by atoms with Crippen LogP contribution in [0.25, 0.3) is 0 Å². The minimum absolute atomic E-state index is 0.0656. The number of fused-ring (bicyclic) bond motifs is 11. The summed E-state index contributed by atoms with van der Waals surface area (Å²) in [5.74, 6) is -2.09. The quantitative estimate of drug-likeness (QED) is 0.258. The summed E-state index contributed by atoms with van der Waals surface area (Å²) in [4.78, 5) is 52.8. The van der Waals surface area contributed by atoms with Crippen molar-refractivity contribution in [1.29, 1.82) is 0 Å². The molecule has 12 nitrogen and oxygen atoms in total. The Morgan fingerprint density at radius 2 is 1.71 bits per heavy atom. The van der Waals surface area contributed by atoms with Gasteiger partial charge >= 0.3 is 0 Å². The number of carbonyl (C=O) groups is 4. The molecule has 0 aliphatic carbocycles. The van der Waals surface area contributed by atoms with Crippen molar-refractivity contribution >= 4 is 23.6 Å². The molecule has 6 N–H and O–H groups in total. The number of aromatic hydroxyl groups is 1. The SMILES string of the molecule is Cc1n[nH]c(C)c1CNC(=O)[C@H]1Cc2ccc(cc2)Oc2ccc(O)c(c2)C(=O)N[C@@H](C(C)C)C(=O)N[C@@H](C)C(=O)N1. The van der Waals surface area contributed by atoms with Gasteiger partial charge in [-0.3, -0.25) is 24.3 Å². The Hall–Kier alpha value is -4.87. The number of nitrogens with one attached hydrogen (secondary N) is 5. The number of aromatic nitrogens is 2. The Morgan fingerprint density at radius 3 is 2.36 bits per heavy atom. The normalized spacial score (nSPS) is 19.7. The lowest BCUT2D eigenvalue weighted by molar-refractivity contribution is -0.132. The fraction of sp³-hybridized carbons (Fsp3) is 0.367. The highest BCUT2D eigenvalue weighted by atomic mass is 16.5. The summed E-state index contributed by atoms with van der Waals surface area (Å²) >= 11 is 0. The highest BCUT2D eigenvalue weighted by Gasteiger charge is 2.30. The molecule has 3 aromatic rings. The fourth-order valence-corrected chi connectivity index (χ4v) is 4.59. The van der Waals surface area contributed by atoms with Gasteiger partial charge in [-0.1, -0.05) is 26.0 Å². The molecule has 0 saturated heterocycles. The minimum atomic E-state index is -1.02. The van der Waals surface area contributed by atoms with Crippen LogP contribution >= 0.6 is 0 Å². The van der Waals surface area contributed by atoms with Crippen molar-refractivity contribution in [2.45, 2.75) is 65.7 Å². The highest BCUT2D eigenvalue weighted by Crippen LogP contribution is 2.28. The number of carbonyl (C=O) groups excluding carboxylic acids is 4. The predicted molar refractivity (Wildman–Crippen MR) is 154 cm³/mol. The molecule has 4 bridgehead atoms. The lowest BCUT2D eigenvalue weighted by Crippen LogP contribution is -2.57. The van der Waals surface area contributed by atoms with Crippen molar-refractivity contribution in [2.24, 2.45) is 5.92 Å². The van der Waals surface area contributed by atoms with E-state index in [4.69, 9.17) is 4.74 Å². The Balaban J connectivity index is 1.64. The summed E-state index contributed by atoms with van der Waals surface area (Å²) in [7, 11) is 0. The molecule has 0 spiro atoms. The number of H-pyrrole nitrogens is 1. The van der Waals surface area contributed by atoms with E-state index in [0.717, 1.165) is 22.5 Å². The van der Waals surface area contributed by atoms with Gasteiger partial charge in [-0.25, -0.2) is 0 Å². The van der Waals surface area contributed by atoms with Gasteiger partial charge in [0.05, 0.1) is 11.3 Å². The first kappa shape index (κ1) is 30.1. The Labute approximate surface area is 243 Å². The lowest BCUT2D eigenvalue weighted by Gasteiger charge is -2.25. The zero-order chi connectivity index (χ0) is 30.6. The zero-order valence-electron chi connectivity index (χ0n) is 24.2. The molecule has 3 heterocycles. The standard InChI is InChI=1S/C30H36N6O6/c1-15(2)26-30(41)32-18(5)27(38)33-24(29(40)31-14-23-16(3)35-36-17(23)4)12-19-6-8-20(9-7-19)42-21-10-11-25(37)22(13-21)28(39)34-26/h6-11,13,15,18,24,26,37H,12,14H2,1-5H3,(H,31,40)(H,32,41)(H,33,38)(H,34,39)(H,35,36)/t18-,24+,26-/m0/s1. The molecule has 2 aliphatic heterocycles. The van der Waals surface area contributed by atoms with Gasteiger partial charge < -0.3 is 31.1 Å². The molecule has 0 fully saturated rings. The third kappa shape index (κ3) is 7.06. The van der Waals surface area contributed by atoms with Gasteiger partial charge in [-0.15, -0.1) is 0 Å². The average molecular weight is 577 g/mol. The van der Waals surface area contributed by atoms with Crippen LogP contribution < -0.4 is 26.0 Å². The van der Waals surface area contributed by atoms with Gasteiger partial charge in [-0.2, -0.15) is 5.10 Å². The summed E-state index contributed by atoms with van der Waals surface area (Å²) in [6.45, 7) is 8.91. The molecule has 2 aromatic carbocycles. The molecule has 0 saturated carbocycles. The van der Waals surface area contributed by atoms with E-state index in [2.05, 4.69) is 31.5 Å². The number of hydrogen-bond acceptors (Lipinski definition) is 7. The second-order valence-electron chi connectivity index (χ2n) is 10.7. The molecule has 42 heavy (non-hydrogen) atoms. The Bertz CT molecular complexity index is 1460. The zero-order valence-corrected chi connectivity index (χ0v) is 24.2. The lowest BCUT2D eigenvalue weighted by atomic mass is 10.0. The molecule has 1 aromatic heterocycles. The van der Waals surface area contributed by atoms with Gasteiger partial charge in [0.1, 0.15) is 35.4 Å². The number of hydrogen-bond donors (Lipinski definition) is 6. The van der Waals surface area contributed by atoms with Crippen LogP contribution in [0.2, 0.25) is 0 Å². The maximum atomic E-state index is 13.3. The topological polar surface area (TPSA) is 175 Å². The van der Waals surface area contributed by atoms with Gasteiger partial charge in [0, 0.05) is 24.2 Å². The number of benzene rings is 2. The fourth-order valence-electron chi connectivity index (χ4n) is 4.59. The number of nitrogens with zero attached hydrogens (tertiary/aromatic N) is 1. The molecular formula is C30H36N6O6. The second-order valence-corrected chi connectivity index (χ2v) is 10.7. The number of ether oxygens (including phenoxy) is 1. The van der Waals surface area contributed by atoms with Crippen LogP contribution in [0.15, 0.2) is 42.5 Å². The van der Waals surface area contributed by atoms with Crippen LogP contribution in [-0.2, 0) is 27.3 Å². The number of amides is 4. The van der Waals surface area contributed by atoms with E-state index in [1.807, 2.05) is 13.8 Å². The summed E-state index contributed by atoms with van der Waals surface area (Å²) < 4.78 is 5.90. The van der Waals surface area contributed by atoms with Crippen LogP contribution in [0.4, 0.5) is 0 Å². The first-order valence-corrected chi connectivity index (χ1v) is 13.7. The number of phenolic OH excluding ortho intramolecular Hbond substituents is 1. The van der Waals surface area contributed by atoms with Crippen LogP contribution in [0.5, 0.6) is 17.2 Å². The van der Waals surface area contributed by atoms with Crippen LogP contribution in [0, 0.1) is 19.8 Å². The maximum absolute atomic E-state index is 13.3. The van der Waals surface area contributed by atoms with E-state index < -0.39 is 41.8 Å². The number of aromatic amines is 1.